The van der Waals surface area contributed by atoms with Crippen LogP contribution in [0.4, 0.5) is 9.52 Å². The molecule has 4 rings (SSSR count). The molecule has 5 nitrogen and oxygen atoms in total. The van der Waals surface area contributed by atoms with E-state index < -0.39 is 0 Å². The topological polar surface area (TPSA) is 66.0 Å². The largest absolute Gasteiger partial charge is 0.354 e. The first-order valence-corrected chi connectivity index (χ1v) is 8.83. The molecule has 128 valence electrons. The molecule has 2 aromatic carbocycles. The molecule has 0 saturated heterocycles. The molecule has 1 atom stereocenters. The van der Waals surface area contributed by atoms with Crippen LogP contribution >= 0.6 is 11.3 Å². The molecule has 0 radical (unpaired) electrons. The average Bonchev–Trinajstić information content (AvgIpc) is 3.21. The summed E-state index contributed by atoms with van der Waals surface area (Å²) < 4.78 is 14.8. The maximum Gasteiger partial charge on any atom is 0.214 e. The standard InChI is InChI=1S/C19H14FN5S/c1-12(15-4-2-3-13(9-15)10-21)22-18-24-25-11-17(23-19(25)26-18)14-5-7-16(20)8-6-14/h2-9,11-12H,1H3,(H,22,24). The van der Waals surface area contributed by atoms with E-state index in [1.807, 2.05) is 31.3 Å². The van der Waals surface area contributed by atoms with Gasteiger partial charge in [0.2, 0.25) is 10.1 Å². The van der Waals surface area contributed by atoms with Crippen molar-refractivity contribution in [2.75, 3.05) is 5.32 Å². The summed E-state index contributed by atoms with van der Waals surface area (Å²) in [4.78, 5) is 5.31. The molecule has 1 N–H and O–H groups in total. The zero-order valence-corrected chi connectivity index (χ0v) is 14.7. The van der Waals surface area contributed by atoms with Gasteiger partial charge < -0.3 is 5.32 Å². The zero-order valence-electron chi connectivity index (χ0n) is 13.8. The van der Waals surface area contributed by atoms with Crippen LogP contribution in [-0.2, 0) is 0 Å². The second kappa shape index (κ2) is 6.58. The van der Waals surface area contributed by atoms with Crippen LogP contribution in [0.25, 0.3) is 16.2 Å². The Morgan fingerprint density at radius 1 is 1.23 bits per heavy atom. The quantitative estimate of drug-likeness (QED) is 0.573. The van der Waals surface area contributed by atoms with E-state index in [9.17, 15) is 4.39 Å². The third-order valence-electron chi connectivity index (χ3n) is 4.04. The second-order valence-electron chi connectivity index (χ2n) is 5.87. The fourth-order valence-electron chi connectivity index (χ4n) is 2.66. The zero-order chi connectivity index (χ0) is 18.1. The van der Waals surface area contributed by atoms with Gasteiger partial charge in [0, 0.05) is 5.56 Å². The lowest BCUT2D eigenvalue weighted by Crippen LogP contribution is -2.06. The van der Waals surface area contributed by atoms with Crippen molar-refractivity contribution in [2.24, 2.45) is 0 Å². The van der Waals surface area contributed by atoms with E-state index in [1.54, 1.807) is 22.7 Å². The highest BCUT2D eigenvalue weighted by Gasteiger charge is 2.13. The number of hydrogen-bond acceptors (Lipinski definition) is 5. The van der Waals surface area contributed by atoms with Crippen molar-refractivity contribution >= 4 is 21.4 Å². The number of halogens is 1. The Morgan fingerprint density at radius 2 is 2.04 bits per heavy atom. The third kappa shape index (κ3) is 3.15. The highest BCUT2D eigenvalue weighted by Crippen LogP contribution is 2.27. The molecule has 0 aliphatic carbocycles. The predicted octanol–water partition coefficient (Wildman–Crippen LogP) is 4.64. The van der Waals surface area contributed by atoms with Crippen molar-refractivity contribution in [3.05, 3.63) is 71.7 Å². The van der Waals surface area contributed by atoms with E-state index in [-0.39, 0.29) is 11.9 Å². The van der Waals surface area contributed by atoms with Gasteiger partial charge in [0.1, 0.15) is 5.82 Å². The Labute approximate surface area is 153 Å². The van der Waals surface area contributed by atoms with Gasteiger partial charge in [0.25, 0.3) is 0 Å². The number of nitrogens with zero attached hydrogens (tertiary/aromatic N) is 4. The molecule has 0 spiro atoms. The van der Waals surface area contributed by atoms with Crippen LogP contribution in [0.5, 0.6) is 0 Å². The van der Waals surface area contributed by atoms with Crippen LogP contribution in [0.1, 0.15) is 24.1 Å². The summed E-state index contributed by atoms with van der Waals surface area (Å²) in [7, 11) is 0. The summed E-state index contributed by atoms with van der Waals surface area (Å²) in [5.74, 6) is -0.270. The summed E-state index contributed by atoms with van der Waals surface area (Å²) in [5, 5.41) is 17.6. The van der Waals surface area contributed by atoms with Gasteiger partial charge in [-0.2, -0.15) is 5.26 Å². The number of nitriles is 1. The van der Waals surface area contributed by atoms with Crippen molar-refractivity contribution < 1.29 is 4.39 Å². The summed E-state index contributed by atoms with van der Waals surface area (Å²) >= 11 is 1.44. The number of benzene rings is 2. The van der Waals surface area contributed by atoms with Gasteiger partial charge in [-0.05, 0) is 48.9 Å². The number of nitrogens with one attached hydrogen (secondary N) is 1. The number of anilines is 1. The van der Waals surface area contributed by atoms with Crippen molar-refractivity contribution in [2.45, 2.75) is 13.0 Å². The number of hydrogen-bond donors (Lipinski definition) is 1. The molecule has 1 unspecified atom stereocenters. The lowest BCUT2D eigenvalue weighted by Gasteiger charge is -2.12. The molecule has 2 heterocycles. The van der Waals surface area contributed by atoms with Crippen molar-refractivity contribution in [1.29, 1.82) is 5.26 Å². The predicted molar refractivity (Wildman–Crippen MR) is 99.5 cm³/mol. The number of fused-ring (bicyclic) bond motifs is 1. The van der Waals surface area contributed by atoms with Gasteiger partial charge in [-0.1, -0.05) is 23.5 Å². The van der Waals surface area contributed by atoms with E-state index in [1.165, 1.54) is 23.5 Å². The summed E-state index contributed by atoms with van der Waals surface area (Å²) in [5.41, 5.74) is 3.25. The van der Waals surface area contributed by atoms with Gasteiger partial charge in [-0.15, -0.1) is 5.10 Å². The Hall–Kier alpha value is -3.24. The number of imidazole rings is 1. The van der Waals surface area contributed by atoms with Gasteiger partial charge in [0.15, 0.2) is 0 Å². The minimum absolute atomic E-state index is 0.00993. The molecule has 26 heavy (non-hydrogen) atoms. The SMILES string of the molecule is CC(Nc1nn2cc(-c3ccc(F)cc3)nc2s1)c1cccc(C#N)c1. The van der Waals surface area contributed by atoms with Crippen LogP contribution in [0.2, 0.25) is 0 Å². The summed E-state index contributed by atoms with van der Waals surface area (Å²) in [6, 6.07) is 15.9. The highest BCUT2D eigenvalue weighted by molar-refractivity contribution is 7.20. The van der Waals surface area contributed by atoms with E-state index in [2.05, 4.69) is 21.5 Å². The second-order valence-corrected chi connectivity index (χ2v) is 6.83. The van der Waals surface area contributed by atoms with E-state index in [0.29, 0.717) is 5.56 Å². The van der Waals surface area contributed by atoms with Gasteiger partial charge in [-0.3, -0.25) is 0 Å². The van der Waals surface area contributed by atoms with Crippen LogP contribution in [0.3, 0.4) is 0 Å². The molecule has 7 heteroatoms. The molecule has 0 aliphatic rings. The molecule has 0 bridgehead atoms. The number of rotatable bonds is 4. The lowest BCUT2D eigenvalue weighted by atomic mass is 10.1. The Bertz CT molecular complexity index is 1080. The van der Waals surface area contributed by atoms with Gasteiger partial charge in [-0.25, -0.2) is 13.9 Å². The molecular formula is C19H14FN5S. The monoisotopic (exact) mass is 363 g/mol. The third-order valence-corrected chi connectivity index (χ3v) is 4.89. The molecule has 0 saturated carbocycles. The summed E-state index contributed by atoms with van der Waals surface area (Å²) in [6.45, 7) is 2.02. The van der Waals surface area contributed by atoms with E-state index in [4.69, 9.17) is 5.26 Å². The number of aromatic nitrogens is 3. The van der Waals surface area contributed by atoms with Crippen molar-refractivity contribution in [3.63, 3.8) is 0 Å². The normalized spacial score (nSPS) is 12.0. The Kier molecular flexibility index (Phi) is 4.11. The minimum Gasteiger partial charge on any atom is -0.354 e. The lowest BCUT2D eigenvalue weighted by molar-refractivity contribution is 0.628. The fraction of sp³-hybridized carbons (Fsp3) is 0.105. The van der Waals surface area contributed by atoms with Crippen LogP contribution < -0.4 is 5.32 Å². The molecule has 0 fully saturated rings. The molecule has 4 aromatic rings. The fourth-order valence-corrected chi connectivity index (χ4v) is 3.53. The van der Waals surface area contributed by atoms with Crippen LogP contribution in [-0.4, -0.2) is 14.6 Å². The first kappa shape index (κ1) is 16.2. The van der Waals surface area contributed by atoms with Gasteiger partial charge in [0.05, 0.1) is 29.6 Å². The summed E-state index contributed by atoms with van der Waals surface area (Å²) in [6.07, 6.45) is 1.82. The maximum atomic E-state index is 13.0. The Balaban J connectivity index is 1.55. The van der Waals surface area contributed by atoms with Crippen LogP contribution in [0, 0.1) is 17.1 Å². The van der Waals surface area contributed by atoms with E-state index >= 15 is 0 Å². The molecule has 0 aliphatic heterocycles. The molecular weight excluding hydrogens is 349 g/mol. The maximum absolute atomic E-state index is 13.0. The Morgan fingerprint density at radius 3 is 2.77 bits per heavy atom. The smallest absolute Gasteiger partial charge is 0.214 e. The minimum atomic E-state index is -0.270. The molecule has 2 aromatic heterocycles. The molecule has 0 amide bonds. The van der Waals surface area contributed by atoms with Crippen molar-refractivity contribution in [3.8, 4) is 17.3 Å². The van der Waals surface area contributed by atoms with Gasteiger partial charge >= 0.3 is 0 Å². The first-order valence-electron chi connectivity index (χ1n) is 8.01. The highest BCUT2D eigenvalue weighted by atomic mass is 32.1. The van der Waals surface area contributed by atoms with E-state index in [0.717, 1.165) is 26.9 Å². The first-order chi connectivity index (χ1) is 12.6. The van der Waals surface area contributed by atoms with Crippen LogP contribution in [0.15, 0.2) is 54.7 Å². The average molecular weight is 363 g/mol. The van der Waals surface area contributed by atoms with Crippen molar-refractivity contribution in [1.82, 2.24) is 14.6 Å².